The van der Waals surface area contributed by atoms with Crippen LogP contribution in [0.25, 0.3) is 0 Å². The maximum Gasteiger partial charge on any atom is 0.237 e. The van der Waals surface area contributed by atoms with Gasteiger partial charge in [-0.3, -0.25) is 9.69 Å². The molecule has 1 aromatic carbocycles. The molecule has 2 rings (SSSR count). The Bertz CT molecular complexity index is 459. The van der Waals surface area contributed by atoms with Crippen LogP contribution in [0.15, 0.2) is 18.2 Å². The van der Waals surface area contributed by atoms with Gasteiger partial charge in [0.1, 0.15) is 0 Å². The van der Waals surface area contributed by atoms with Crippen LogP contribution in [0.5, 0.6) is 0 Å². The Balaban J connectivity index is 1.92. The van der Waals surface area contributed by atoms with Gasteiger partial charge < -0.3 is 11.1 Å². The zero-order valence-electron chi connectivity index (χ0n) is 11.8. The molecule has 19 heavy (non-hydrogen) atoms. The van der Waals surface area contributed by atoms with E-state index in [1.165, 1.54) is 11.1 Å². The Hall–Kier alpha value is -1.55. The largest absolute Gasteiger partial charge is 0.399 e. The van der Waals surface area contributed by atoms with Gasteiger partial charge in [0, 0.05) is 25.3 Å². The normalized spacial score (nSPS) is 16.1. The van der Waals surface area contributed by atoms with E-state index in [1.807, 2.05) is 19.1 Å². The van der Waals surface area contributed by atoms with Gasteiger partial charge in [-0.15, -0.1) is 0 Å². The highest BCUT2D eigenvalue weighted by Crippen LogP contribution is 2.26. The van der Waals surface area contributed by atoms with Gasteiger partial charge >= 0.3 is 0 Å². The van der Waals surface area contributed by atoms with Gasteiger partial charge in [-0.1, -0.05) is 19.4 Å². The second-order valence-electron chi connectivity index (χ2n) is 5.25. The van der Waals surface area contributed by atoms with Crippen LogP contribution in [-0.4, -0.2) is 23.4 Å². The number of unbranched alkanes of at least 4 members (excludes halogenated alkanes) is 1. The molecule has 0 bridgehead atoms. The van der Waals surface area contributed by atoms with Crippen LogP contribution in [0.2, 0.25) is 0 Å². The fourth-order valence-electron chi connectivity index (χ4n) is 2.42. The van der Waals surface area contributed by atoms with E-state index in [0.717, 1.165) is 38.2 Å². The second-order valence-corrected chi connectivity index (χ2v) is 5.25. The molecule has 1 atom stereocenters. The van der Waals surface area contributed by atoms with E-state index < -0.39 is 0 Å². The smallest absolute Gasteiger partial charge is 0.237 e. The van der Waals surface area contributed by atoms with Gasteiger partial charge in [0.05, 0.1) is 6.04 Å². The molecule has 4 heteroatoms. The lowest BCUT2D eigenvalue weighted by Gasteiger charge is -2.22. The summed E-state index contributed by atoms with van der Waals surface area (Å²) in [4.78, 5) is 14.2. The van der Waals surface area contributed by atoms with Crippen molar-refractivity contribution in [1.82, 2.24) is 10.2 Å². The Morgan fingerprint density at radius 1 is 1.42 bits per heavy atom. The van der Waals surface area contributed by atoms with Crippen LogP contribution in [0.3, 0.4) is 0 Å². The predicted octanol–water partition coefficient (Wildman–Crippen LogP) is 1.89. The van der Waals surface area contributed by atoms with Crippen molar-refractivity contribution >= 4 is 11.6 Å². The molecule has 0 aliphatic carbocycles. The number of hydrogen-bond donors (Lipinski definition) is 2. The van der Waals surface area contributed by atoms with Crippen molar-refractivity contribution in [2.45, 2.75) is 45.8 Å². The molecule has 1 amide bonds. The van der Waals surface area contributed by atoms with E-state index in [1.54, 1.807) is 0 Å². The average Bonchev–Trinajstić information content (AvgIpc) is 2.80. The van der Waals surface area contributed by atoms with Crippen LogP contribution in [0.4, 0.5) is 5.69 Å². The second kappa shape index (κ2) is 6.06. The lowest BCUT2D eigenvalue weighted by atomic mass is 10.1. The molecule has 1 aromatic rings. The summed E-state index contributed by atoms with van der Waals surface area (Å²) in [6, 6.07) is 5.91. The number of nitrogens with zero attached hydrogens (tertiary/aromatic N) is 1. The number of carbonyl (C=O) groups excluding carboxylic acids is 1. The zero-order valence-corrected chi connectivity index (χ0v) is 11.8. The van der Waals surface area contributed by atoms with E-state index in [-0.39, 0.29) is 11.9 Å². The number of hydrogen-bond acceptors (Lipinski definition) is 3. The summed E-state index contributed by atoms with van der Waals surface area (Å²) in [6.45, 7) is 6.50. The molecule has 1 unspecified atom stereocenters. The van der Waals surface area contributed by atoms with Crippen molar-refractivity contribution in [3.63, 3.8) is 0 Å². The highest BCUT2D eigenvalue weighted by atomic mass is 16.2. The maximum absolute atomic E-state index is 12.0. The Morgan fingerprint density at radius 2 is 2.16 bits per heavy atom. The van der Waals surface area contributed by atoms with Crippen LogP contribution in [0, 0.1) is 0 Å². The summed E-state index contributed by atoms with van der Waals surface area (Å²) >= 11 is 0. The van der Waals surface area contributed by atoms with Crippen molar-refractivity contribution in [2.75, 3.05) is 12.3 Å². The lowest BCUT2D eigenvalue weighted by molar-refractivity contribution is -0.126. The fourth-order valence-corrected chi connectivity index (χ4v) is 2.42. The Kier molecular flexibility index (Phi) is 4.43. The first-order chi connectivity index (χ1) is 9.11. The quantitative estimate of drug-likeness (QED) is 0.628. The van der Waals surface area contributed by atoms with E-state index in [0.29, 0.717) is 0 Å². The molecule has 104 valence electrons. The summed E-state index contributed by atoms with van der Waals surface area (Å²) in [7, 11) is 0. The summed E-state index contributed by atoms with van der Waals surface area (Å²) in [5.41, 5.74) is 9.11. The third-order valence-electron chi connectivity index (χ3n) is 3.73. The predicted molar refractivity (Wildman–Crippen MR) is 77.5 cm³/mol. The van der Waals surface area contributed by atoms with Crippen LogP contribution in [0.1, 0.15) is 37.8 Å². The van der Waals surface area contributed by atoms with Crippen LogP contribution >= 0.6 is 0 Å². The number of anilines is 1. The van der Waals surface area contributed by atoms with Gasteiger partial charge in [-0.2, -0.15) is 0 Å². The highest BCUT2D eigenvalue weighted by molar-refractivity contribution is 5.81. The Labute approximate surface area is 115 Å². The summed E-state index contributed by atoms with van der Waals surface area (Å²) < 4.78 is 0. The molecule has 0 saturated heterocycles. The van der Waals surface area contributed by atoms with Crippen molar-refractivity contribution < 1.29 is 4.79 Å². The highest BCUT2D eigenvalue weighted by Gasteiger charge is 2.27. The molecule has 1 aliphatic rings. The van der Waals surface area contributed by atoms with E-state index in [2.05, 4.69) is 23.2 Å². The minimum atomic E-state index is -0.0921. The minimum absolute atomic E-state index is 0.0921. The van der Waals surface area contributed by atoms with Crippen LogP contribution in [-0.2, 0) is 17.9 Å². The van der Waals surface area contributed by atoms with E-state index in [4.69, 9.17) is 5.73 Å². The number of benzene rings is 1. The van der Waals surface area contributed by atoms with Gasteiger partial charge in [0.15, 0.2) is 0 Å². The number of carbonyl (C=O) groups is 1. The SMILES string of the molecule is CCCCNC(=O)C(C)N1Cc2ccc(N)cc2C1. The number of amides is 1. The molecule has 0 spiro atoms. The van der Waals surface area contributed by atoms with E-state index >= 15 is 0 Å². The first kappa shape index (κ1) is 13.9. The van der Waals surface area contributed by atoms with Gasteiger partial charge in [-0.25, -0.2) is 0 Å². The third kappa shape index (κ3) is 3.26. The number of nitrogen functional groups attached to an aromatic ring is 1. The molecule has 0 saturated carbocycles. The molecule has 1 aliphatic heterocycles. The minimum Gasteiger partial charge on any atom is -0.399 e. The lowest BCUT2D eigenvalue weighted by Crippen LogP contribution is -2.42. The summed E-state index contributed by atoms with van der Waals surface area (Å²) in [5, 5.41) is 2.99. The molecule has 0 fully saturated rings. The van der Waals surface area contributed by atoms with Gasteiger partial charge in [-0.05, 0) is 36.6 Å². The number of fused-ring (bicyclic) bond motifs is 1. The molecule has 0 radical (unpaired) electrons. The van der Waals surface area contributed by atoms with E-state index in [9.17, 15) is 4.79 Å². The first-order valence-electron chi connectivity index (χ1n) is 7.01. The maximum atomic E-state index is 12.0. The van der Waals surface area contributed by atoms with Crippen LogP contribution < -0.4 is 11.1 Å². The number of nitrogens with two attached hydrogens (primary N) is 1. The van der Waals surface area contributed by atoms with Crippen molar-refractivity contribution in [1.29, 1.82) is 0 Å². The molecule has 1 heterocycles. The molecule has 4 nitrogen and oxygen atoms in total. The number of rotatable bonds is 5. The van der Waals surface area contributed by atoms with Crippen molar-refractivity contribution in [3.05, 3.63) is 29.3 Å². The fraction of sp³-hybridized carbons (Fsp3) is 0.533. The van der Waals surface area contributed by atoms with Gasteiger partial charge in [0.2, 0.25) is 5.91 Å². The zero-order chi connectivity index (χ0) is 13.8. The van der Waals surface area contributed by atoms with Crippen molar-refractivity contribution in [2.24, 2.45) is 0 Å². The average molecular weight is 261 g/mol. The Morgan fingerprint density at radius 3 is 2.89 bits per heavy atom. The topological polar surface area (TPSA) is 58.4 Å². The molecular weight excluding hydrogens is 238 g/mol. The monoisotopic (exact) mass is 261 g/mol. The standard InChI is InChI=1S/C15H23N3O/c1-3-4-7-17-15(19)11(2)18-9-12-5-6-14(16)8-13(12)10-18/h5-6,8,11H,3-4,7,9-10,16H2,1-2H3,(H,17,19). The summed E-state index contributed by atoms with van der Waals surface area (Å²) in [6.07, 6.45) is 2.14. The van der Waals surface area contributed by atoms with Crippen molar-refractivity contribution in [3.8, 4) is 0 Å². The summed E-state index contributed by atoms with van der Waals surface area (Å²) in [5.74, 6) is 0.120. The molecule has 0 aromatic heterocycles. The molecule has 3 N–H and O–H groups in total. The van der Waals surface area contributed by atoms with Gasteiger partial charge in [0.25, 0.3) is 0 Å². The number of nitrogens with one attached hydrogen (secondary N) is 1. The molecular formula is C15H23N3O. The third-order valence-corrected chi connectivity index (χ3v) is 3.73. The first-order valence-corrected chi connectivity index (χ1v) is 7.01.